The second-order valence-corrected chi connectivity index (χ2v) is 5.81. The Hall–Kier alpha value is -2.02. The molecule has 1 aromatic rings. The Morgan fingerprint density at radius 1 is 1.45 bits per heavy atom. The van der Waals surface area contributed by atoms with Crippen molar-refractivity contribution >= 4 is 11.6 Å². The first-order valence-corrected chi connectivity index (χ1v) is 6.98. The first kappa shape index (κ1) is 14.4. The lowest BCUT2D eigenvalue weighted by atomic mass is 9.98. The lowest BCUT2D eigenvalue weighted by molar-refractivity contribution is -0.120. The highest BCUT2D eigenvalue weighted by Gasteiger charge is 2.42. The molecule has 1 aromatic carbocycles. The summed E-state index contributed by atoms with van der Waals surface area (Å²) in [7, 11) is 0. The van der Waals surface area contributed by atoms with Crippen LogP contribution in [0.4, 0.5) is 5.69 Å². The highest BCUT2D eigenvalue weighted by atomic mass is 16.2. The Balaban J connectivity index is 1.90. The van der Waals surface area contributed by atoms with Gasteiger partial charge in [-0.05, 0) is 51.2 Å². The molecule has 1 fully saturated rings. The van der Waals surface area contributed by atoms with Gasteiger partial charge in [-0.1, -0.05) is 17.7 Å². The average molecular weight is 271 g/mol. The van der Waals surface area contributed by atoms with Gasteiger partial charge in [-0.25, -0.2) is 0 Å². The molecule has 106 valence electrons. The molecule has 0 radical (unpaired) electrons. The summed E-state index contributed by atoms with van der Waals surface area (Å²) >= 11 is 0. The summed E-state index contributed by atoms with van der Waals surface area (Å²) in [6, 6.07) is 8.29. The van der Waals surface area contributed by atoms with Gasteiger partial charge in [0.2, 0.25) is 5.91 Å². The minimum Gasteiger partial charge on any atom is -0.376 e. The minimum atomic E-state index is -0.721. The minimum absolute atomic E-state index is 0.138. The molecule has 20 heavy (non-hydrogen) atoms. The second-order valence-electron chi connectivity index (χ2n) is 5.81. The third kappa shape index (κ3) is 3.30. The van der Waals surface area contributed by atoms with Crippen LogP contribution in [0.3, 0.4) is 0 Å². The Morgan fingerprint density at radius 2 is 2.15 bits per heavy atom. The van der Waals surface area contributed by atoms with Crippen molar-refractivity contribution in [3.05, 3.63) is 29.3 Å². The number of carbonyl (C=O) groups is 1. The highest BCUT2D eigenvalue weighted by molar-refractivity contribution is 5.82. The first-order valence-electron chi connectivity index (χ1n) is 6.98. The van der Waals surface area contributed by atoms with Crippen LogP contribution >= 0.6 is 0 Å². The predicted octanol–water partition coefficient (Wildman–Crippen LogP) is 2.52. The van der Waals surface area contributed by atoms with Gasteiger partial charge in [-0.2, -0.15) is 5.26 Å². The fourth-order valence-electron chi connectivity index (χ4n) is 2.40. The highest BCUT2D eigenvalue weighted by Crippen LogP contribution is 2.39. The van der Waals surface area contributed by atoms with E-state index in [1.54, 1.807) is 6.92 Å². The van der Waals surface area contributed by atoms with E-state index < -0.39 is 5.54 Å². The number of nitriles is 1. The Kier molecular flexibility index (Phi) is 3.99. The van der Waals surface area contributed by atoms with E-state index in [2.05, 4.69) is 22.8 Å². The van der Waals surface area contributed by atoms with E-state index in [1.807, 2.05) is 26.0 Å². The Bertz CT molecular complexity index is 557. The number of rotatable bonds is 5. The van der Waals surface area contributed by atoms with Crippen molar-refractivity contribution in [2.24, 2.45) is 5.92 Å². The summed E-state index contributed by atoms with van der Waals surface area (Å²) in [6.07, 6.45) is 2.05. The van der Waals surface area contributed by atoms with E-state index >= 15 is 0 Å². The third-order valence-electron chi connectivity index (χ3n) is 3.85. The van der Waals surface area contributed by atoms with E-state index in [4.69, 9.17) is 0 Å². The molecule has 0 unspecified atom stereocenters. The molecular formula is C16H21N3O. The lowest BCUT2D eigenvalue weighted by Gasteiger charge is -2.23. The molecule has 2 rings (SSSR count). The molecule has 1 aliphatic rings. The molecule has 1 aliphatic carbocycles. The van der Waals surface area contributed by atoms with Crippen LogP contribution in [0.25, 0.3) is 0 Å². The van der Waals surface area contributed by atoms with Gasteiger partial charge in [0.15, 0.2) is 0 Å². The van der Waals surface area contributed by atoms with E-state index in [9.17, 15) is 10.1 Å². The molecule has 0 heterocycles. The van der Waals surface area contributed by atoms with Crippen molar-refractivity contribution in [2.75, 3.05) is 11.9 Å². The van der Waals surface area contributed by atoms with Crippen LogP contribution in [0.5, 0.6) is 0 Å². The standard InChI is InChI=1S/C16H21N3O/c1-11-4-7-14(12(2)8-11)18-9-15(20)19-16(3,10-17)13-5-6-13/h4,7-8,13,18H,5-6,9H2,1-3H3,(H,19,20)/t16-/m1/s1. The van der Waals surface area contributed by atoms with Gasteiger partial charge in [0.05, 0.1) is 12.6 Å². The Labute approximate surface area is 120 Å². The molecule has 0 aromatic heterocycles. The number of benzene rings is 1. The van der Waals surface area contributed by atoms with Crippen LogP contribution in [0.1, 0.15) is 30.9 Å². The van der Waals surface area contributed by atoms with Crippen LogP contribution in [0.2, 0.25) is 0 Å². The van der Waals surface area contributed by atoms with Crippen molar-refractivity contribution in [2.45, 2.75) is 39.2 Å². The average Bonchev–Trinajstić information content (AvgIpc) is 3.22. The zero-order valence-electron chi connectivity index (χ0n) is 12.3. The molecule has 1 atom stereocenters. The number of nitrogens with zero attached hydrogens (tertiary/aromatic N) is 1. The van der Waals surface area contributed by atoms with Crippen LogP contribution in [-0.4, -0.2) is 18.0 Å². The second kappa shape index (κ2) is 5.54. The van der Waals surface area contributed by atoms with Crippen molar-refractivity contribution in [1.82, 2.24) is 5.32 Å². The van der Waals surface area contributed by atoms with Gasteiger partial charge in [0.25, 0.3) is 0 Å². The van der Waals surface area contributed by atoms with Gasteiger partial charge >= 0.3 is 0 Å². The summed E-state index contributed by atoms with van der Waals surface area (Å²) in [5, 5.41) is 15.2. The van der Waals surface area contributed by atoms with Crippen LogP contribution < -0.4 is 10.6 Å². The molecular weight excluding hydrogens is 250 g/mol. The van der Waals surface area contributed by atoms with Crippen LogP contribution in [0, 0.1) is 31.1 Å². The van der Waals surface area contributed by atoms with E-state index in [0.29, 0.717) is 5.92 Å². The first-order chi connectivity index (χ1) is 9.44. The van der Waals surface area contributed by atoms with Crippen molar-refractivity contribution < 1.29 is 4.79 Å². The van der Waals surface area contributed by atoms with Crippen molar-refractivity contribution in [3.8, 4) is 6.07 Å². The van der Waals surface area contributed by atoms with Crippen molar-refractivity contribution in [1.29, 1.82) is 5.26 Å². The topological polar surface area (TPSA) is 64.9 Å². The Morgan fingerprint density at radius 3 is 2.70 bits per heavy atom. The number of carbonyl (C=O) groups excluding carboxylic acids is 1. The number of hydrogen-bond donors (Lipinski definition) is 2. The third-order valence-corrected chi connectivity index (χ3v) is 3.85. The van der Waals surface area contributed by atoms with Gasteiger partial charge < -0.3 is 10.6 Å². The summed E-state index contributed by atoms with van der Waals surface area (Å²) in [5.74, 6) is 0.165. The van der Waals surface area contributed by atoms with Gasteiger partial charge in [-0.15, -0.1) is 0 Å². The SMILES string of the molecule is Cc1ccc(NCC(=O)N[C@](C)(C#N)C2CC2)c(C)c1. The molecule has 0 aliphatic heterocycles. The van der Waals surface area contributed by atoms with Crippen molar-refractivity contribution in [3.63, 3.8) is 0 Å². The van der Waals surface area contributed by atoms with Gasteiger partial charge in [0.1, 0.15) is 5.54 Å². The fourth-order valence-corrected chi connectivity index (χ4v) is 2.40. The number of hydrogen-bond acceptors (Lipinski definition) is 3. The maximum absolute atomic E-state index is 12.0. The molecule has 0 saturated heterocycles. The number of amides is 1. The molecule has 2 N–H and O–H groups in total. The van der Waals surface area contributed by atoms with Crippen LogP contribution in [0.15, 0.2) is 18.2 Å². The summed E-state index contributed by atoms with van der Waals surface area (Å²) < 4.78 is 0. The molecule has 1 amide bonds. The molecule has 4 nitrogen and oxygen atoms in total. The molecule has 0 bridgehead atoms. The predicted molar refractivity (Wildman–Crippen MR) is 79.3 cm³/mol. The summed E-state index contributed by atoms with van der Waals surface area (Å²) in [6.45, 7) is 6.04. The summed E-state index contributed by atoms with van der Waals surface area (Å²) in [4.78, 5) is 12.0. The monoisotopic (exact) mass is 271 g/mol. The smallest absolute Gasteiger partial charge is 0.240 e. The lowest BCUT2D eigenvalue weighted by Crippen LogP contribution is -2.48. The number of anilines is 1. The zero-order valence-corrected chi connectivity index (χ0v) is 12.3. The normalized spacial score (nSPS) is 16.9. The maximum Gasteiger partial charge on any atom is 0.240 e. The molecule has 4 heteroatoms. The van der Waals surface area contributed by atoms with Gasteiger partial charge in [0, 0.05) is 5.69 Å². The van der Waals surface area contributed by atoms with E-state index in [-0.39, 0.29) is 12.5 Å². The quantitative estimate of drug-likeness (QED) is 0.865. The zero-order chi connectivity index (χ0) is 14.8. The number of aryl methyl sites for hydroxylation is 2. The number of nitrogens with one attached hydrogen (secondary N) is 2. The fraction of sp³-hybridized carbons (Fsp3) is 0.500. The largest absolute Gasteiger partial charge is 0.376 e. The van der Waals surface area contributed by atoms with E-state index in [0.717, 1.165) is 24.1 Å². The molecule has 1 saturated carbocycles. The van der Waals surface area contributed by atoms with Crippen LogP contribution in [-0.2, 0) is 4.79 Å². The maximum atomic E-state index is 12.0. The molecule has 0 spiro atoms. The summed E-state index contributed by atoms with van der Waals surface area (Å²) in [5.41, 5.74) is 2.54. The van der Waals surface area contributed by atoms with Gasteiger partial charge in [-0.3, -0.25) is 4.79 Å². The van der Waals surface area contributed by atoms with E-state index in [1.165, 1.54) is 5.56 Å².